The summed E-state index contributed by atoms with van der Waals surface area (Å²) in [5.41, 5.74) is 2.64. The van der Waals surface area contributed by atoms with Crippen molar-refractivity contribution in [2.24, 2.45) is 0 Å². The topological polar surface area (TPSA) is 29.5 Å². The van der Waals surface area contributed by atoms with E-state index in [9.17, 15) is 4.79 Å². The van der Waals surface area contributed by atoms with E-state index in [0.717, 1.165) is 16.7 Å². The summed E-state index contributed by atoms with van der Waals surface area (Å²) < 4.78 is 6.03. The first-order chi connectivity index (χ1) is 11.0. The average Bonchev–Trinajstić information content (AvgIpc) is 2.55. The quantitative estimate of drug-likeness (QED) is 0.839. The van der Waals surface area contributed by atoms with Crippen molar-refractivity contribution in [1.29, 1.82) is 0 Å². The summed E-state index contributed by atoms with van der Waals surface area (Å²) >= 11 is 0. The Balaban J connectivity index is 1.87. The van der Waals surface area contributed by atoms with Crippen LogP contribution >= 0.6 is 0 Å². The van der Waals surface area contributed by atoms with Gasteiger partial charge in [-0.25, -0.2) is 0 Å². The van der Waals surface area contributed by atoms with Gasteiger partial charge >= 0.3 is 0 Å². The van der Waals surface area contributed by atoms with Crippen molar-refractivity contribution in [3.63, 3.8) is 0 Å². The summed E-state index contributed by atoms with van der Waals surface area (Å²) in [6.07, 6.45) is -0.0713. The number of amides is 1. The van der Waals surface area contributed by atoms with E-state index in [1.54, 1.807) is 0 Å². The second-order valence-corrected chi connectivity index (χ2v) is 6.81. The minimum atomic E-state index is -0.313. The summed E-state index contributed by atoms with van der Waals surface area (Å²) in [5.74, 6) is 0.0722. The summed E-state index contributed by atoms with van der Waals surface area (Å²) in [7, 11) is 0. The number of carbonyl (C=O) groups excluding carboxylic acids is 1. The molecule has 1 aliphatic rings. The van der Waals surface area contributed by atoms with Crippen molar-refractivity contribution >= 4 is 5.91 Å². The molecule has 3 nitrogen and oxygen atoms in total. The van der Waals surface area contributed by atoms with Crippen LogP contribution in [0.5, 0.6) is 0 Å². The lowest BCUT2D eigenvalue weighted by atomic mass is 9.96. The third kappa shape index (κ3) is 3.30. The fourth-order valence-corrected chi connectivity index (χ4v) is 3.01. The molecule has 2 aromatic carbocycles. The summed E-state index contributed by atoms with van der Waals surface area (Å²) in [4.78, 5) is 15.0. The Labute approximate surface area is 137 Å². The highest BCUT2D eigenvalue weighted by molar-refractivity contribution is 5.95. The van der Waals surface area contributed by atoms with E-state index in [-0.39, 0.29) is 17.6 Å². The van der Waals surface area contributed by atoms with Crippen LogP contribution in [-0.2, 0) is 4.74 Å². The maximum atomic E-state index is 13.0. The molecular weight excluding hydrogens is 286 g/mol. The van der Waals surface area contributed by atoms with Crippen LogP contribution in [0.2, 0.25) is 0 Å². The molecule has 0 spiro atoms. The van der Waals surface area contributed by atoms with Crippen LogP contribution in [-0.4, -0.2) is 29.5 Å². The van der Waals surface area contributed by atoms with E-state index >= 15 is 0 Å². The maximum Gasteiger partial charge on any atom is 0.254 e. The van der Waals surface area contributed by atoms with E-state index in [4.69, 9.17) is 4.74 Å². The van der Waals surface area contributed by atoms with Gasteiger partial charge in [-0.15, -0.1) is 0 Å². The molecule has 1 heterocycles. The summed E-state index contributed by atoms with van der Waals surface area (Å²) in [6, 6.07) is 17.9. The summed E-state index contributed by atoms with van der Waals surface area (Å²) in [5, 5.41) is 0. The molecule has 0 radical (unpaired) electrons. The number of nitrogens with zero attached hydrogens (tertiary/aromatic N) is 1. The van der Waals surface area contributed by atoms with Crippen molar-refractivity contribution < 1.29 is 9.53 Å². The first-order valence-electron chi connectivity index (χ1n) is 8.02. The smallest absolute Gasteiger partial charge is 0.254 e. The number of morpholine rings is 1. The fraction of sp³-hybridized carbons (Fsp3) is 0.350. The third-order valence-electron chi connectivity index (χ3n) is 4.40. The molecule has 0 aliphatic carbocycles. The van der Waals surface area contributed by atoms with E-state index in [1.165, 1.54) is 0 Å². The zero-order valence-corrected chi connectivity index (χ0v) is 14.0. The van der Waals surface area contributed by atoms with Crippen molar-refractivity contribution in [2.45, 2.75) is 32.4 Å². The number of rotatable bonds is 2. The van der Waals surface area contributed by atoms with Crippen LogP contribution in [0.4, 0.5) is 0 Å². The molecule has 0 bridgehead atoms. The molecular formula is C20H23NO2. The molecule has 120 valence electrons. The molecule has 0 aromatic heterocycles. The molecule has 1 aliphatic heterocycles. The van der Waals surface area contributed by atoms with Gasteiger partial charge < -0.3 is 9.64 Å². The Kier molecular flexibility index (Phi) is 4.22. The van der Waals surface area contributed by atoms with E-state index in [2.05, 4.69) is 26.0 Å². The molecule has 2 aromatic rings. The Morgan fingerprint density at radius 2 is 1.87 bits per heavy atom. The Bertz CT molecular complexity index is 694. The normalized spacial score (nSPS) is 20.3. The van der Waals surface area contributed by atoms with Gasteiger partial charge in [0.2, 0.25) is 0 Å². The van der Waals surface area contributed by atoms with Gasteiger partial charge in [0.1, 0.15) is 6.10 Å². The predicted molar refractivity (Wildman–Crippen MR) is 91.4 cm³/mol. The molecule has 1 unspecified atom stereocenters. The van der Waals surface area contributed by atoms with Crippen molar-refractivity contribution in [1.82, 2.24) is 4.90 Å². The first kappa shape index (κ1) is 15.8. The van der Waals surface area contributed by atoms with E-state index in [1.807, 2.05) is 54.3 Å². The van der Waals surface area contributed by atoms with Gasteiger partial charge in [0.25, 0.3) is 5.91 Å². The zero-order valence-electron chi connectivity index (χ0n) is 14.0. The number of ether oxygens (including phenoxy) is 1. The van der Waals surface area contributed by atoms with Crippen molar-refractivity contribution in [2.75, 3.05) is 13.2 Å². The lowest BCUT2D eigenvalue weighted by Crippen LogP contribution is -2.56. The lowest BCUT2D eigenvalue weighted by Gasteiger charge is -2.45. The van der Waals surface area contributed by atoms with Crippen LogP contribution in [0.25, 0.3) is 0 Å². The highest BCUT2D eigenvalue weighted by Gasteiger charge is 2.38. The Morgan fingerprint density at radius 1 is 1.13 bits per heavy atom. The van der Waals surface area contributed by atoms with Gasteiger partial charge in [0.05, 0.1) is 18.7 Å². The van der Waals surface area contributed by atoms with E-state index in [0.29, 0.717) is 13.2 Å². The molecule has 1 amide bonds. The Morgan fingerprint density at radius 3 is 2.57 bits per heavy atom. The van der Waals surface area contributed by atoms with Crippen LogP contribution in [0.15, 0.2) is 54.6 Å². The molecule has 1 fully saturated rings. The highest BCUT2D eigenvalue weighted by atomic mass is 16.5. The average molecular weight is 309 g/mol. The predicted octanol–water partition coefficient (Wildman–Crippen LogP) is 3.99. The van der Waals surface area contributed by atoms with Crippen molar-refractivity contribution in [3.8, 4) is 0 Å². The van der Waals surface area contributed by atoms with Crippen LogP contribution < -0.4 is 0 Å². The number of benzene rings is 2. The van der Waals surface area contributed by atoms with Gasteiger partial charge in [-0.05, 0) is 38.5 Å². The fourth-order valence-electron chi connectivity index (χ4n) is 3.01. The molecule has 0 N–H and O–H groups in total. The van der Waals surface area contributed by atoms with Crippen LogP contribution in [0.3, 0.4) is 0 Å². The largest absolute Gasteiger partial charge is 0.369 e. The third-order valence-corrected chi connectivity index (χ3v) is 4.40. The van der Waals surface area contributed by atoms with Gasteiger partial charge in [-0.1, -0.05) is 48.0 Å². The molecule has 3 rings (SSSR count). The lowest BCUT2D eigenvalue weighted by molar-refractivity contribution is -0.0846. The number of hydrogen-bond donors (Lipinski definition) is 0. The molecule has 1 atom stereocenters. The zero-order chi connectivity index (χ0) is 16.4. The molecule has 0 saturated carbocycles. The first-order valence-corrected chi connectivity index (χ1v) is 8.02. The monoisotopic (exact) mass is 309 g/mol. The van der Waals surface area contributed by atoms with Gasteiger partial charge in [-0.3, -0.25) is 4.79 Å². The molecule has 1 saturated heterocycles. The minimum Gasteiger partial charge on any atom is -0.369 e. The molecule has 3 heteroatoms. The highest BCUT2D eigenvalue weighted by Crippen LogP contribution is 2.31. The maximum absolute atomic E-state index is 13.0. The number of hydrogen-bond acceptors (Lipinski definition) is 2. The minimum absolute atomic E-state index is 0.0713. The summed E-state index contributed by atoms with van der Waals surface area (Å²) in [6.45, 7) is 7.23. The Hall–Kier alpha value is -2.13. The second kappa shape index (κ2) is 6.17. The SMILES string of the molecule is Cc1cccc(C(=O)N2CC(c3ccccc3)OCC2(C)C)c1. The van der Waals surface area contributed by atoms with E-state index < -0.39 is 0 Å². The van der Waals surface area contributed by atoms with Gasteiger partial charge in [-0.2, -0.15) is 0 Å². The second-order valence-electron chi connectivity index (χ2n) is 6.81. The van der Waals surface area contributed by atoms with Gasteiger partial charge in [0, 0.05) is 5.56 Å². The van der Waals surface area contributed by atoms with Gasteiger partial charge in [0.15, 0.2) is 0 Å². The van der Waals surface area contributed by atoms with Crippen LogP contribution in [0.1, 0.15) is 41.4 Å². The van der Waals surface area contributed by atoms with Crippen LogP contribution in [0, 0.1) is 6.92 Å². The molecule has 23 heavy (non-hydrogen) atoms. The number of carbonyl (C=O) groups is 1. The van der Waals surface area contributed by atoms with Crippen molar-refractivity contribution in [3.05, 3.63) is 71.3 Å². The number of aryl methyl sites for hydroxylation is 1. The standard InChI is InChI=1S/C20H23NO2/c1-15-8-7-11-17(12-15)19(22)21-13-18(23-14-20(21,2)3)16-9-5-4-6-10-16/h4-12,18H,13-14H2,1-3H3.